The van der Waals surface area contributed by atoms with Crippen molar-refractivity contribution in [3.05, 3.63) is 73.1 Å². The Kier molecular flexibility index (Phi) is 3.31. The van der Waals surface area contributed by atoms with Crippen molar-refractivity contribution in [1.29, 1.82) is 0 Å². The largest absolute Gasteiger partial charge is 0.351 e. The van der Waals surface area contributed by atoms with Crippen molar-refractivity contribution in [2.45, 2.75) is 0 Å². The van der Waals surface area contributed by atoms with Gasteiger partial charge in [0.1, 0.15) is 0 Å². The lowest BCUT2D eigenvalue weighted by molar-refractivity contribution is 0.256. The van der Waals surface area contributed by atoms with Gasteiger partial charge in [-0.3, -0.25) is 14.9 Å². The lowest BCUT2D eigenvalue weighted by Gasteiger charge is -2.21. The Hall–Kier alpha value is -3.47. The first-order valence-electron chi connectivity index (χ1n) is 7.51. The second kappa shape index (κ2) is 5.62. The Morgan fingerprint density at radius 3 is 1.75 bits per heavy atom. The molecule has 0 fully saturated rings. The average molecular weight is 314 g/mol. The number of hydrogen-bond donors (Lipinski definition) is 1. The normalized spacial score (nSPS) is 10.8. The number of nitrogens with two attached hydrogens (primary N) is 1. The molecule has 0 bridgehead atoms. The third-order valence-corrected chi connectivity index (χ3v) is 3.91. The summed E-state index contributed by atoms with van der Waals surface area (Å²) in [5.74, 6) is 0. The first-order chi connectivity index (χ1) is 11.7. The predicted molar refractivity (Wildman–Crippen MR) is 95.2 cm³/mol. The number of primary amides is 1. The lowest BCUT2D eigenvalue weighted by atomic mass is 10.1. The van der Waals surface area contributed by atoms with E-state index in [0.717, 1.165) is 21.8 Å². The van der Waals surface area contributed by atoms with Crippen LogP contribution in [0.5, 0.6) is 0 Å². The second-order valence-corrected chi connectivity index (χ2v) is 5.43. The van der Waals surface area contributed by atoms with E-state index >= 15 is 0 Å². The first kappa shape index (κ1) is 14.1. The molecule has 5 heteroatoms. The van der Waals surface area contributed by atoms with Gasteiger partial charge in [0.15, 0.2) is 0 Å². The maximum atomic E-state index is 12.1. The standard InChI is InChI=1S/C19H14N4O/c20-19(24)23(15-5-7-17-13(11-15)3-1-9-21-17)16-6-8-18-14(12-16)4-2-10-22-18/h1-12H,(H2,20,24). The Morgan fingerprint density at radius 1 is 0.792 bits per heavy atom. The maximum Gasteiger partial charge on any atom is 0.323 e. The van der Waals surface area contributed by atoms with Crippen molar-refractivity contribution in [1.82, 2.24) is 9.97 Å². The van der Waals surface area contributed by atoms with Gasteiger partial charge in [-0.2, -0.15) is 0 Å². The van der Waals surface area contributed by atoms with Crippen LogP contribution >= 0.6 is 0 Å². The Morgan fingerprint density at radius 2 is 1.29 bits per heavy atom. The SMILES string of the molecule is NC(=O)N(c1ccc2ncccc2c1)c1ccc2ncccc2c1. The fraction of sp³-hybridized carbons (Fsp3) is 0. The Labute approximate surface area is 138 Å². The highest BCUT2D eigenvalue weighted by atomic mass is 16.2. The van der Waals surface area contributed by atoms with Crippen molar-refractivity contribution in [2.75, 3.05) is 4.90 Å². The van der Waals surface area contributed by atoms with Gasteiger partial charge in [0.2, 0.25) is 0 Å². The molecule has 5 nitrogen and oxygen atoms in total. The molecule has 0 unspecified atom stereocenters. The van der Waals surface area contributed by atoms with Crippen LogP contribution in [0.15, 0.2) is 73.1 Å². The Balaban J connectivity index is 1.86. The summed E-state index contributed by atoms with van der Waals surface area (Å²) in [6.45, 7) is 0. The third-order valence-electron chi connectivity index (χ3n) is 3.91. The number of aromatic nitrogens is 2. The van der Waals surface area contributed by atoms with E-state index in [2.05, 4.69) is 9.97 Å². The van der Waals surface area contributed by atoms with Crippen LogP contribution in [0.3, 0.4) is 0 Å². The van der Waals surface area contributed by atoms with Crippen molar-refractivity contribution in [3.8, 4) is 0 Å². The predicted octanol–water partition coefficient (Wildman–Crippen LogP) is 4.00. The van der Waals surface area contributed by atoms with E-state index in [9.17, 15) is 4.79 Å². The van der Waals surface area contributed by atoms with Crippen LogP contribution < -0.4 is 10.6 Å². The van der Waals surface area contributed by atoms with E-state index in [1.165, 1.54) is 4.90 Å². The molecule has 4 rings (SSSR count). The summed E-state index contributed by atoms with van der Waals surface area (Å²) in [5.41, 5.74) is 8.78. The number of fused-ring (bicyclic) bond motifs is 2. The molecular formula is C19H14N4O. The molecule has 2 N–H and O–H groups in total. The van der Waals surface area contributed by atoms with Gasteiger partial charge in [-0.05, 0) is 48.5 Å². The van der Waals surface area contributed by atoms with Crippen molar-refractivity contribution in [2.24, 2.45) is 5.73 Å². The van der Waals surface area contributed by atoms with Crippen LogP contribution in [0.4, 0.5) is 16.2 Å². The molecule has 0 aliphatic carbocycles. The molecule has 2 amide bonds. The monoisotopic (exact) mass is 314 g/mol. The number of carbonyl (C=O) groups excluding carboxylic acids is 1. The van der Waals surface area contributed by atoms with E-state index in [4.69, 9.17) is 5.73 Å². The van der Waals surface area contributed by atoms with Crippen molar-refractivity contribution >= 4 is 39.2 Å². The lowest BCUT2D eigenvalue weighted by Crippen LogP contribution is -2.31. The number of amides is 2. The van der Waals surface area contributed by atoms with E-state index in [1.807, 2.05) is 60.7 Å². The fourth-order valence-corrected chi connectivity index (χ4v) is 2.81. The summed E-state index contributed by atoms with van der Waals surface area (Å²) in [6, 6.07) is 18.3. The van der Waals surface area contributed by atoms with E-state index < -0.39 is 6.03 Å². The quantitative estimate of drug-likeness (QED) is 0.608. The molecule has 2 aromatic carbocycles. The summed E-state index contributed by atoms with van der Waals surface area (Å²) < 4.78 is 0. The summed E-state index contributed by atoms with van der Waals surface area (Å²) in [4.78, 5) is 22.2. The van der Waals surface area contributed by atoms with Crippen LogP contribution in [-0.2, 0) is 0 Å². The van der Waals surface area contributed by atoms with Crippen molar-refractivity contribution < 1.29 is 4.79 Å². The summed E-state index contributed by atoms with van der Waals surface area (Å²) >= 11 is 0. The van der Waals surface area contributed by atoms with Crippen LogP contribution in [-0.4, -0.2) is 16.0 Å². The second-order valence-electron chi connectivity index (χ2n) is 5.43. The van der Waals surface area contributed by atoms with Gasteiger partial charge in [-0.1, -0.05) is 12.1 Å². The third kappa shape index (κ3) is 2.42. The van der Waals surface area contributed by atoms with Gasteiger partial charge in [-0.25, -0.2) is 4.79 Å². The maximum absolute atomic E-state index is 12.1. The molecule has 0 saturated heterocycles. The molecule has 0 aliphatic rings. The van der Waals surface area contributed by atoms with E-state index in [-0.39, 0.29) is 0 Å². The summed E-state index contributed by atoms with van der Waals surface area (Å²) in [5, 5.41) is 1.90. The van der Waals surface area contributed by atoms with Crippen LogP contribution in [0, 0.1) is 0 Å². The van der Waals surface area contributed by atoms with Gasteiger partial charge in [0.05, 0.1) is 22.4 Å². The minimum atomic E-state index is -0.540. The average Bonchev–Trinajstić information content (AvgIpc) is 2.61. The zero-order valence-corrected chi connectivity index (χ0v) is 12.8. The van der Waals surface area contributed by atoms with Gasteiger partial charge in [0.25, 0.3) is 0 Å². The number of anilines is 2. The highest BCUT2D eigenvalue weighted by Gasteiger charge is 2.16. The summed E-state index contributed by atoms with van der Waals surface area (Å²) in [7, 11) is 0. The molecular weight excluding hydrogens is 300 g/mol. The topological polar surface area (TPSA) is 72.1 Å². The van der Waals surface area contributed by atoms with Crippen LogP contribution in [0.1, 0.15) is 0 Å². The minimum Gasteiger partial charge on any atom is -0.351 e. The van der Waals surface area contributed by atoms with Gasteiger partial charge >= 0.3 is 6.03 Å². The molecule has 0 aliphatic heterocycles. The molecule has 2 aromatic heterocycles. The summed E-state index contributed by atoms with van der Waals surface area (Å²) in [6.07, 6.45) is 3.48. The number of carbonyl (C=O) groups is 1. The Bertz CT molecular complexity index is 982. The molecule has 0 atom stereocenters. The van der Waals surface area contributed by atoms with E-state index in [1.54, 1.807) is 12.4 Å². The zero-order chi connectivity index (χ0) is 16.5. The zero-order valence-electron chi connectivity index (χ0n) is 12.8. The van der Waals surface area contributed by atoms with Gasteiger partial charge in [0, 0.05) is 23.2 Å². The molecule has 116 valence electrons. The number of hydrogen-bond acceptors (Lipinski definition) is 3. The van der Waals surface area contributed by atoms with Gasteiger partial charge < -0.3 is 5.73 Å². The molecule has 2 heterocycles. The van der Waals surface area contributed by atoms with Crippen molar-refractivity contribution in [3.63, 3.8) is 0 Å². The highest BCUT2D eigenvalue weighted by Crippen LogP contribution is 2.29. The molecule has 0 radical (unpaired) electrons. The fourth-order valence-electron chi connectivity index (χ4n) is 2.81. The molecule has 4 aromatic rings. The smallest absolute Gasteiger partial charge is 0.323 e. The molecule has 0 spiro atoms. The van der Waals surface area contributed by atoms with E-state index in [0.29, 0.717) is 11.4 Å². The van der Waals surface area contributed by atoms with Crippen LogP contribution in [0.25, 0.3) is 21.8 Å². The number of nitrogens with zero attached hydrogens (tertiary/aromatic N) is 3. The number of benzene rings is 2. The number of urea groups is 1. The highest BCUT2D eigenvalue weighted by molar-refractivity contribution is 6.01. The van der Waals surface area contributed by atoms with Crippen LogP contribution in [0.2, 0.25) is 0 Å². The molecule has 24 heavy (non-hydrogen) atoms. The first-order valence-corrected chi connectivity index (χ1v) is 7.51. The minimum absolute atomic E-state index is 0.540. The number of rotatable bonds is 2. The van der Waals surface area contributed by atoms with Gasteiger partial charge in [-0.15, -0.1) is 0 Å². The molecule has 0 saturated carbocycles. The number of pyridine rings is 2.